The van der Waals surface area contributed by atoms with Crippen LogP contribution in [0.1, 0.15) is 18.4 Å². The molecule has 2 rings (SSSR count). The molecule has 1 unspecified atom stereocenters. The Hall–Kier alpha value is -1.02. The van der Waals surface area contributed by atoms with Crippen molar-refractivity contribution in [3.63, 3.8) is 0 Å². The Labute approximate surface area is 125 Å². The number of nitrogens with zero attached hydrogens (tertiary/aromatic N) is 1. The van der Waals surface area contributed by atoms with Gasteiger partial charge in [0, 0.05) is 19.1 Å². The van der Waals surface area contributed by atoms with Crippen molar-refractivity contribution >= 4 is 10.0 Å². The van der Waals surface area contributed by atoms with E-state index in [0.717, 1.165) is 25.5 Å². The molecule has 118 valence electrons. The molecule has 2 N–H and O–H groups in total. The smallest absolute Gasteiger partial charge is 0.241 e. The van der Waals surface area contributed by atoms with Crippen LogP contribution in [0.5, 0.6) is 0 Å². The van der Waals surface area contributed by atoms with E-state index in [1.54, 1.807) is 7.05 Å². The number of nitrogens with one attached hydrogen (secondary N) is 2. The second kappa shape index (κ2) is 6.83. The minimum absolute atomic E-state index is 0.0116. The summed E-state index contributed by atoms with van der Waals surface area (Å²) < 4.78 is 40.8. The highest BCUT2D eigenvalue weighted by Gasteiger charge is 2.25. The molecule has 1 aromatic rings. The van der Waals surface area contributed by atoms with Gasteiger partial charge in [0.05, 0.1) is 4.90 Å². The van der Waals surface area contributed by atoms with Gasteiger partial charge in [-0.05, 0) is 51.2 Å². The largest absolute Gasteiger partial charge is 0.316 e. The third-order valence-corrected chi connectivity index (χ3v) is 5.37. The van der Waals surface area contributed by atoms with Crippen LogP contribution >= 0.6 is 0 Å². The van der Waals surface area contributed by atoms with Gasteiger partial charge in [-0.3, -0.25) is 0 Å². The lowest BCUT2D eigenvalue weighted by molar-refractivity contribution is 0.311. The second-order valence-corrected chi connectivity index (χ2v) is 7.15. The van der Waals surface area contributed by atoms with E-state index in [9.17, 15) is 12.8 Å². The van der Waals surface area contributed by atoms with Crippen molar-refractivity contribution in [2.45, 2.75) is 30.3 Å². The molecule has 1 atom stereocenters. The topological polar surface area (TPSA) is 61.4 Å². The van der Waals surface area contributed by atoms with Gasteiger partial charge >= 0.3 is 0 Å². The second-order valence-electron chi connectivity index (χ2n) is 5.41. The quantitative estimate of drug-likeness (QED) is 0.819. The molecular formula is C14H22FN3O2S. The minimum atomic E-state index is -3.70. The summed E-state index contributed by atoms with van der Waals surface area (Å²) in [6.45, 7) is 1.71. The van der Waals surface area contributed by atoms with E-state index >= 15 is 0 Å². The first-order chi connectivity index (χ1) is 9.94. The number of halogens is 1. The molecule has 1 heterocycles. The van der Waals surface area contributed by atoms with E-state index in [-0.39, 0.29) is 10.9 Å². The Morgan fingerprint density at radius 1 is 1.43 bits per heavy atom. The molecule has 1 aliphatic heterocycles. The van der Waals surface area contributed by atoms with Gasteiger partial charge in [0.1, 0.15) is 5.82 Å². The SMILES string of the molecule is CNCc1ccc(F)cc1S(=O)(=O)NCC1CCCN1C. The molecular weight excluding hydrogens is 293 g/mol. The Morgan fingerprint density at radius 2 is 2.19 bits per heavy atom. The molecule has 5 nitrogen and oxygen atoms in total. The Balaban J connectivity index is 2.16. The van der Waals surface area contributed by atoms with Crippen LogP contribution in [-0.4, -0.2) is 46.5 Å². The van der Waals surface area contributed by atoms with Crippen molar-refractivity contribution in [2.24, 2.45) is 0 Å². The maximum atomic E-state index is 13.4. The van der Waals surface area contributed by atoms with Crippen LogP contribution in [0.15, 0.2) is 23.1 Å². The third kappa shape index (κ3) is 4.00. The summed E-state index contributed by atoms with van der Waals surface area (Å²) in [6.07, 6.45) is 2.05. The van der Waals surface area contributed by atoms with Gasteiger partial charge in [0.25, 0.3) is 0 Å². The number of benzene rings is 1. The van der Waals surface area contributed by atoms with Gasteiger partial charge < -0.3 is 10.2 Å². The van der Waals surface area contributed by atoms with Crippen molar-refractivity contribution in [1.29, 1.82) is 0 Å². The van der Waals surface area contributed by atoms with Gasteiger partial charge in [-0.15, -0.1) is 0 Å². The van der Waals surface area contributed by atoms with Crippen LogP contribution in [0.25, 0.3) is 0 Å². The highest BCUT2D eigenvalue weighted by Crippen LogP contribution is 2.19. The molecule has 1 aromatic carbocycles. The van der Waals surface area contributed by atoms with Crippen molar-refractivity contribution < 1.29 is 12.8 Å². The normalized spacial score (nSPS) is 20.0. The summed E-state index contributed by atoms with van der Waals surface area (Å²) in [5, 5.41) is 2.90. The van der Waals surface area contributed by atoms with Crippen LogP contribution in [0.4, 0.5) is 4.39 Å². The molecule has 0 aliphatic carbocycles. The molecule has 0 saturated carbocycles. The predicted molar refractivity (Wildman–Crippen MR) is 80.0 cm³/mol. The average molecular weight is 315 g/mol. The Bertz CT molecular complexity index is 592. The van der Waals surface area contributed by atoms with Gasteiger partial charge in [0.15, 0.2) is 0 Å². The zero-order chi connectivity index (χ0) is 15.5. The highest BCUT2D eigenvalue weighted by atomic mass is 32.2. The molecule has 0 radical (unpaired) electrons. The first-order valence-corrected chi connectivity index (χ1v) is 8.55. The highest BCUT2D eigenvalue weighted by molar-refractivity contribution is 7.89. The first-order valence-electron chi connectivity index (χ1n) is 7.07. The van der Waals surface area contributed by atoms with Crippen LogP contribution in [0.2, 0.25) is 0 Å². The number of likely N-dealkylation sites (tertiary alicyclic amines) is 1. The Morgan fingerprint density at radius 3 is 2.81 bits per heavy atom. The number of rotatable bonds is 6. The summed E-state index contributed by atoms with van der Waals surface area (Å²) >= 11 is 0. The number of likely N-dealkylation sites (N-methyl/N-ethyl adjacent to an activating group) is 1. The van der Waals surface area contributed by atoms with Crippen LogP contribution < -0.4 is 10.0 Å². The summed E-state index contributed by atoms with van der Waals surface area (Å²) in [6, 6.07) is 4.06. The predicted octanol–water partition coefficient (Wildman–Crippen LogP) is 0.918. The molecule has 21 heavy (non-hydrogen) atoms. The average Bonchev–Trinajstić information content (AvgIpc) is 2.84. The van der Waals surface area contributed by atoms with Crippen LogP contribution in [0.3, 0.4) is 0 Å². The number of hydrogen-bond acceptors (Lipinski definition) is 4. The van der Waals surface area contributed by atoms with E-state index in [1.807, 2.05) is 7.05 Å². The maximum Gasteiger partial charge on any atom is 0.241 e. The minimum Gasteiger partial charge on any atom is -0.316 e. The van der Waals surface area contributed by atoms with E-state index in [0.29, 0.717) is 18.7 Å². The van der Waals surface area contributed by atoms with E-state index < -0.39 is 15.8 Å². The lowest BCUT2D eigenvalue weighted by Gasteiger charge is -2.20. The number of sulfonamides is 1. The standard InChI is InChI=1S/C14H22FN3O2S/c1-16-9-11-5-6-12(15)8-14(11)21(19,20)17-10-13-4-3-7-18(13)2/h5-6,8,13,16-17H,3-4,7,9-10H2,1-2H3. The Kier molecular flexibility index (Phi) is 5.32. The molecule has 0 spiro atoms. The molecule has 1 fully saturated rings. The van der Waals surface area contributed by atoms with Gasteiger partial charge in [0.2, 0.25) is 10.0 Å². The fraction of sp³-hybridized carbons (Fsp3) is 0.571. The van der Waals surface area contributed by atoms with E-state index in [2.05, 4.69) is 14.9 Å². The fourth-order valence-electron chi connectivity index (χ4n) is 2.64. The first kappa shape index (κ1) is 16.4. The van der Waals surface area contributed by atoms with Crippen molar-refractivity contribution in [3.8, 4) is 0 Å². The van der Waals surface area contributed by atoms with E-state index in [4.69, 9.17) is 0 Å². The molecule has 0 amide bonds. The van der Waals surface area contributed by atoms with Crippen LogP contribution in [0, 0.1) is 5.82 Å². The monoisotopic (exact) mass is 315 g/mol. The van der Waals surface area contributed by atoms with E-state index in [1.165, 1.54) is 12.1 Å². The lowest BCUT2D eigenvalue weighted by atomic mass is 10.2. The number of hydrogen-bond donors (Lipinski definition) is 2. The summed E-state index contributed by atoms with van der Waals surface area (Å²) in [5.41, 5.74) is 0.561. The molecule has 1 saturated heterocycles. The molecule has 0 aromatic heterocycles. The zero-order valence-corrected chi connectivity index (χ0v) is 13.2. The van der Waals surface area contributed by atoms with Gasteiger partial charge in [-0.25, -0.2) is 17.5 Å². The van der Waals surface area contributed by atoms with Gasteiger partial charge in [-0.2, -0.15) is 0 Å². The summed E-state index contributed by atoms with van der Waals surface area (Å²) in [4.78, 5) is 2.15. The maximum absolute atomic E-state index is 13.4. The van der Waals surface area contributed by atoms with Crippen molar-refractivity contribution in [1.82, 2.24) is 14.9 Å². The van der Waals surface area contributed by atoms with Crippen molar-refractivity contribution in [2.75, 3.05) is 27.2 Å². The summed E-state index contributed by atoms with van der Waals surface area (Å²) in [5.74, 6) is -0.548. The van der Waals surface area contributed by atoms with Gasteiger partial charge in [-0.1, -0.05) is 6.07 Å². The van der Waals surface area contributed by atoms with Crippen molar-refractivity contribution in [3.05, 3.63) is 29.6 Å². The fourth-order valence-corrected chi connectivity index (χ4v) is 3.96. The zero-order valence-electron chi connectivity index (χ0n) is 12.4. The molecule has 1 aliphatic rings. The molecule has 0 bridgehead atoms. The third-order valence-electron chi connectivity index (χ3n) is 3.87. The molecule has 7 heteroatoms. The summed E-state index contributed by atoms with van der Waals surface area (Å²) in [7, 11) is 0.00638. The van der Waals surface area contributed by atoms with Crippen LogP contribution in [-0.2, 0) is 16.6 Å². The lowest BCUT2D eigenvalue weighted by Crippen LogP contribution is -2.38.